The van der Waals surface area contributed by atoms with Crippen molar-refractivity contribution in [2.75, 3.05) is 0 Å². The summed E-state index contributed by atoms with van der Waals surface area (Å²) in [5.74, 6) is -0.175. The molecular formula is C18H19FO3S. The highest BCUT2D eigenvalue weighted by atomic mass is 32.1. The molecule has 0 atom stereocenters. The summed E-state index contributed by atoms with van der Waals surface area (Å²) < 4.78 is 24.7. The number of para-hydroxylation sites is 1. The minimum absolute atomic E-state index is 0.109. The number of aryl methyl sites for hydroxylation is 1. The molecule has 0 radical (unpaired) electrons. The summed E-state index contributed by atoms with van der Waals surface area (Å²) in [6, 6.07) is 9.99. The number of thiol groups is 1. The average Bonchev–Trinajstić information content (AvgIpc) is 2.51. The highest BCUT2D eigenvalue weighted by molar-refractivity contribution is 7.80. The first kappa shape index (κ1) is 17.3. The van der Waals surface area contributed by atoms with Crippen LogP contribution in [0, 0.1) is 12.7 Å². The Morgan fingerprint density at radius 2 is 1.96 bits per heavy atom. The molecule has 0 saturated heterocycles. The molecule has 0 aliphatic heterocycles. The summed E-state index contributed by atoms with van der Waals surface area (Å²) in [4.78, 5) is 12.2. The topological polar surface area (TPSA) is 35.5 Å². The Morgan fingerprint density at radius 3 is 2.70 bits per heavy atom. The number of hydrogen-bond acceptors (Lipinski definition) is 4. The number of rotatable bonds is 6. The molecule has 2 rings (SSSR count). The SMILES string of the molecule is CCCC(=O)Oc1ccccc1COc1cc(C)c(S)cc1F. The van der Waals surface area contributed by atoms with E-state index in [0.29, 0.717) is 22.6 Å². The molecule has 2 aromatic rings. The van der Waals surface area contributed by atoms with Gasteiger partial charge in [-0.2, -0.15) is 0 Å². The highest BCUT2D eigenvalue weighted by Crippen LogP contribution is 2.26. The van der Waals surface area contributed by atoms with Gasteiger partial charge in [0.2, 0.25) is 0 Å². The van der Waals surface area contributed by atoms with Crippen molar-refractivity contribution in [2.24, 2.45) is 0 Å². The van der Waals surface area contributed by atoms with Gasteiger partial charge in [-0.05, 0) is 37.1 Å². The third kappa shape index (κ3) is 4.73. The third-order valence-corrected chi connectivity index (χ3v) is 3.77. The number of carbonyl (C=O) groups is 1. The van der Waals surface area contributed by atoms with E-state index in [9.17, 15) is 9.18 Å². The summed E-state index contributed by atoms with van der Waals surface area (Å²) in [5.41, 5.74) is 1.51. The van der Waals surface area contributed by atoms with Crippen molar-refractivity contribution in [2.45, 2.75) is 38.2 Å². The summed E-state index contributed by atoms with van der Waals surface area (Å²) in [6.07, 6.45) is 1.07. The van der Waals surface area contributed by atoms with Crippen molar-refractivity contribution < 1.29 is 18.7 Å². The molecule has 0 bridgehead atoms. The molecule has 0 fully saturated rings. The Bertz CT molecular complexity index is 701. The number of hydrogen-bond donors (Lipinski definition) is 1. The Balaban J connectivity index is 2.12. The van der Waals surface area contributed by atoms with Crippen LogP contribution in [0.4, 0.5) is 4.39 Å². The van der Waals surface area contributed by atoms with E-state index in [-0.39, 0.29) is 18.3 Å². The van der Waals surface area contributed by atoms with Crippen LogP contribution in [0.2, 0.25) is 0 Å². The van der Waals surface area contributed by atoms with Crippen LogP contribution >= 0.6 is 12.6 Å². The molecule has 0 aliphatic carbocycles. The fraction of sp³-hybridized carbons (Fsp3) is 0.278. The van der Waals surface area contributed by atoms with Crippen LogP contribution in [0.3, 0.4) is 0 Å². The summed E-state index contributed by atoms with van der Waals surface area (Å²) >= 11 is 4.17. The fourth-order valence-electron chi connectivity index (χ4n) is 2.01. The van der Waals surface area contributed by atoms with E-state index >= 15 is 0 Å². The van der Waals surface area contributed by atoms with Gasteiger partial charge in [0.15, 0.2) is 11.6 Å². The van der Waals surface area contributed by atoms with Crippen LogP contribution in [0.5, 0.6) is 11.5 Å². The van der Waals surface area contributed by atoms with Crippen molar-refractivity contribution in [3.63, 3.8) is 0 Å². The predicted octanol–water partition coefficient (Wildman–Crippen LogP) is 4.71. The van der Waals surface area contributed by atoms with E-state index in [0.717, 1.165) is 12.0 Å². The van der Waals surface area contributed by atoms with E-state index < -0.39 is 5.82 Å². The maximum absolute atomic E-state index is 13.9. The van der Waals surface area contributed by atoms with Gasteiger partial charge in [0.1, 0.15) is 12.4 Å². The van der Waals surface area contributed by atoms with Crippen LogP contribution in [0.25, 0.3) is 0 Å². The lowest BCUT2D eigenvalue weighted by molar-refractivity contribution is -0.134. The van der Waals surface area contributed by atoms with Crippen molar-refractivity contribution in [1.82, 2.24) is 0 Å². The van der Waals surface area contributed by atoms with Gasteiger partial charge in [-0.1, -0.05) is 25.1 Å². The van der Waals surface area contributed by atoms with E-state index in [1.807, 2.05) is 19.9 Å². The second-order valence-corrected chi connectivity index (χ2v) is 5.67. The molecule has 0 spiro atoms. The van der Waals surface area contributed by atoms with Crippen LogP contribution in [0.15, 0.2) is 41.3 Å². The lowest BCUT2D eigenvalue weighted by atomic mass is 10.2. The first-order valence-corrected chi connectivity index (χ1v) is 7.86. The molecular weight excluding hydrogens is 315 g/mol. The molecule has 2 aromatic carbocycles. The van der Waals surface area contributed by atoms with Crippen LogP contribution < -0.4 is 9.47 Å². The van der Waals surface area contributed by atoms with E-state index in [1.54, 1.807) is 24.3 Å². The van der Waals surface area contributed by atoms with Crippen LogP contribution in [0.1, 0.15) is 30.9 Å². The van der Waals surface area contributed by atoms with Gasteiger partial charge in [0, 0.05) is 16.9 Å². The highest BCUT2D eigenvalue weighted by Gasteiger charge is 2.11. The van der Waals surface area contributed by atoms with Crippen molar-refractivity contribution in [3.05, 3.63) is 53.3 Å². The smallest absolute Gasteiger partial charge is 0.311 e. The molecule has 5 heteroatoms. The molecule has 0 aliphatic rings. The Hall–Kier alpha value is -2.01. The third-order valence-electron chi connectivity index (χ3n) is 3.28. The lowest BCUT2D eigenvalue weighted by Crippen LogP contribution is -2.09. The standard InChI is InChI=1S/C18H19FO3S/c1-3-6-18(20)22-15-8-5-4-7-13(15)11-21-16-9-12(2)17(23)10-14(16)19/h4-5,7-10,23H,3,6,11H2,1-2H3. The normalized spacial score (nSPS) is 10.4. The van der Waals surface area contributed by atoms with Crippen LogP contribution in [-0.2, 0) is 11.4 Å². The maximum Gasteiger partial charge on any atom is 0.311 e. The zero-order valence-corrected chi connectivity index (χ0v) is 14.0. The van der Waals surface area contributed by atoms with E-state index in [2.05, 4.69) is 12.6 Å². The quantitative estimate of drug-likeness (QED) is 0.472. The zero-order valence-electron chi connectivity index (χ0n) is 13.1. The van der Waals surface area contributed by atoms with Crippen molar-refractivity contribution in [3.8, 4) is 11.5 Å². The molecule has 0 saturated carbocycles. The van der Waals surface area contributed by atoms with Gasteiger partial charge >= 0.3 is 5.97 Å². The number of benzene rings is 2. The largest absolute Gasteiger partial charge is 0.486 e. The molecule has 3 nitrogen and oxygen atoms in total. The summed E-state index contributed by atoms with van der Waals surface area (Å²) in [5, 5.41) is 0. The predicted molar refractivity (Wildman–Crippen MR) is 89.7 cm³/mol. The molecule has 0 aromatic heterocycles. The average molecular weight is 334 g/mol. The summed E-state index contributed by atoms with van der Waals surface area (Å²) in [6.45, 7) is 3.85. The molecule has 0 heterocycles. The van der Waals surface area contributed by atoms with Gasteiger partial charge in [-0.3, -0.25) is 4.79 Å². The maximum atomic E-state index is 13.9. The minimum Gasteiger partial charge on any atom is -0.486 e. The number of ether oxygens (including phenoxy) is 2. The Labute approximate surface area is 140 Å². The Morgan fingerprint density at radius 1 is 1.22 bits per heavy atom. The van der Waals surface area contributed by atoms with Crippen molar-refractivity contribution >= 4 is 18.6 Å². The van der Waals surface area contributed by atoms with Gasteiger partial charge in [0.05, 0.1) is 0 Å². The Kier molecular flexibility index (Phi) is 6.04. The zero-order chi connectivity index (χ0) is 16.8. The van der Waals surface area contributed by atoms with Gasteiger partial charge < -0.3 is 9.47 Å². The number of carbonyl (C=O) groups excluding carboxylic acids is 1. The van der Waals surface area contributed by atoms with Crippen LogP contribution in [-0.4, -0.2) is 5.97 Å². The molecule has 23 heavy (non-hydrogen) atoms. The monoisotopic (exact) mass is 334 g/mol. The summed E-state index contributed by atoms with van der Waals surface area (Å²) in [7, 11) is 0. The number of halogens is 1. The second-order valence-electron chi connectivity index (χ2n) is 5.19. The molecule has 0 N–H and O–H groups in total. The van der Waals surface area contributed by atoms with Gasteiger partial charge in [-0.25, -0.2) is 4.39 Å². The first-order valence-electron chi connectivity index (χ1n) is 7.41. The van der Waals surface area contributed by atoms with Gasteiger partial charge in [-0.15, -0.1) is 12.6 Å². The first-order chi connectivity index (χ1) is 11.0. The fourth-order valence-corrected chi connectivity index (χ4v) is 2.19. The molecule has 0 amide bonds. The second kappa shape index (κ2) is 8.02. The molecule has 122 valence electrons. The lowest BCUT2D eigenvalue weighted by Gasteiger charge is -2.12. The van der Waals surface area contributed by atoms with Gasteiger partial charge in [0.25, 0.3) is 0 Å². The number of esters is 1. The minimum atomic E-state index is -0.471. The molecule has 0 unspecified atom stereocenters. The van der Waals surface area contributed by atoms with Crippen molar-refractivity contribution in [1.29, 1.82) is 0 Å². The van der Waals surface area contributed by atoms with E-state index in [4.69, 9.17) is 9.47 Å². The van der Waals surface area contributed by atoms with E-state index in [1.165, 1.54) is 6.07 Å².